The monoisotopic (exact) mass is 423 g/mol. The first-order valence-electron chi connectivity index (χ1n) is 9.65. The fraction of sp³-hybridized carbons (Fsp3) is 0.550. The van der Waals surface area contributed by atoms with E-state index in [2.05, 4.69) is 17.2 Å². The molecule has 2 N–H and O–H groups in total. The topological polar surface area (TPSA) is 84.2 Å². The third-order valence-electron chi connectivity index (χ3n) is 5.12. The van der Waals surface area contributed by atoms with E-state index in [0.29, 0.717) is 27.0 Å². The van der Waals surface area contributed by atoms with Crippen molar-refractivity contribution in [2.24, 2.45) is 5.92 Å². The predicted molar refractivity (Wildman–Crippen MR) is 113 cm³/mol. The molecule has 1 saturated carbocycles. The molecule has 1 aromatic carbocycles. The lowest BCUT2D eigenvalue weighted by Crippen LogP contribution is -2.42. The van der Waals surface area contributed by atoms with Gasteiger partial charge in [-0.15, -0.1) is 0 Å². The van der Waals surface area contributed by atoms with E-state index in [0.717, 1.165) is 19.3 Å². The Kier molecular flexibility index (Phi) is 7.01. The van der Waals surface area contributed by atoms with Crippen molar-refractivity contribution in [1.29, 1.82) is 0 Å². The molecule has 2 aromatic rings. The highest BCUT2D eigenvalue weighted by Gasteiger charge is 2.23. The van der Waals surface area contributed by atoms with Crippen molar-refractivity contribution in [3.63, 3.8) is 0 Å². The van der Waals surface area contributed by atoms with Gasteiger partial charge in [0.1, 0.15) is 0 Å². The molecular formula is C20H26ClN3O3S. The molecule has 1 fully saturated rings. The first-order chi connectivity index (χ1) is 13.3. The van der Waals surface area contributed by atoms with E-state index in [1.807, 2.05) is 0 Å². The van der Waals surface area contributed by atoms with Gasteiger partial charge in [0.25, 0.3) is 5.56 Å². The van der Waals surface area contributed by atoms with Crippen LogP contribution in [-0.2, 0) is 11.3 Å². The zero-order valence-corrected chi connectivity index (χ0v) is 17.7. The molecule has 8 heteroatoms. The normalized spacial score (nSPS) is 20.9. The summed E-state index contributed by atoms with van der Waals surface area (Å²) < 4.78 is 1.43. The zero-order valence-electron chi connectivity index (χ0n) is 16.2. The van der Waals surface area contributed by atoms with Crippen LogP contribution in [0.3, 0.4) is 0 Å². The van der Waals surface area contributed by atoms with Gasteiger partial charge < -0.3 is 10.4 Å². The molecule has 0 radical (unpaired) electrons. The van der Waals surface area contributed by atoms with Gasteiger partial charge in [0.05, 0.1) is 29.3 Å². The molecule has 6 nitrogen and oxygen atoms in total. The first-order valence-corrected chi connectivity index (χ1v) is 11.0. The van der Waals surface area contributed by atoms with Crippen molar-refractivity contribution in [3.05, 3.63) is 33.6 Å². The number of hydrogen-bond donors (Lipinski definition) is 2. The van der Waals surface area contributed by atoms with Crippen LogP contribution in [-0.4, -0.2) is 38.5 Å². The Morgan fingerprint density at radius 2 is 2.18 bits per heavy atom. The van der Waals surface area contributed by atoms with Gasteiger partial charge >= 0.3 is 0 Å². The minimum absolute atomic E-state index is 0.0622. The second kappa shape index (κ2) is 9.29. The summed E-state index contributed by atoms with van der Waals surface area (Å²) in [5, 5.41) is 14.3. The number of benzene rings is 1. The Morgan fingerprint density at radius 1 is 1.43 bits per heavy atom. The number of carbonyl (C=O) groups excluding carboxylic acids is 1. The number of rotatable bonds is 6. The van der Waals surface area contributed by atoms with Gasteiger partial charge in [-0.2, -0.15) is 0 Å². The third kappa shape index (κ3) is 5.07. The van der Waals surface area contributed by atoms with Crippen LogP contribution < -0.4 is 10.9 Å². The smallest absolute Gasteiger partial charge is 0.262 e. The number of aliphatic hydroxyl groups is 1. The van der Waals surface area contributed by atoms with Crippen LogP contribution in [0, 0.1) is 5.92 Å². The van der Waals surface area contributed by atoms with E-state index in [9.17, 15) is 14.7 Å². The molecular weight excluding hydrogens is 398 g/mol. The number of thioether (sulfide) groups is 1. The molecule has 152 valence electrons. The first kappa shape index (κ1) is 21.1. The lowest BCUT2D eigenvalue weighted by atomic mass is 9.86. The van der Waals surface area contributed by atoms with E-state index >= 15 is 0 Å². The molecule has 3 rings (SSSR count). The minimum Gasteiger partial charge on any atom is -0.392 e. The summed E-state index contributed by atoms with van der Waals surface area (Å²) in [6.07, 6.45) is 3.80. The van der Waals surface area contributed by atoms with Crippen molar-refractivity contribution in [2.75, 3.05) is 5.75 Å². The summed E-state index contributed by atoms with van der Waals surface area (Å²) in [5.74, 6) is 0.589. The number of aromatic nitrogens is 2. The van der Waals surface area contributed by atoms with Crippen LogP contribution in [0.5, 0.6) is 0 Å². The molecule has 1 heterocycles. The second-order valence-electron chi connectivity index (χ2n) is 7.55. The van der Waals surface area contributed by atoms with Crippen LogP contribution >= 0.6 is 23.4 Å². The highest BCUT2D eigenvalue weighted by molar-refractivity contribution is 7.99. The number of amides is 1. The number of nitrogens with zero attached hydrogens (tertiary/aromatic N) is 2. The van der Waals surface area contributed by atoms with Gasteiger partial charge in [-0.3, -0.25) is 14.2 Å². The van der Waals surface area contributed by atoms with Gasteiger partial charge in [0, 0.05) is 11.1 Å². The van der Waals surface area contributed by atoms with E-state index < -0.39 is 6.10 Å². The lowest BCUT2D eigenvalue weighted by molar-refractivity contribution is -0.119. The highest BCUT2D eigenvalue weighted by Crippen LogP contribution is 2.24. The summed E-state index contributed by atoms with van der Waals surface area (Å²) in [6, 6.07) is 5.13. The summed E-state index contributed by atoms with van der Waals surface area (Å²) in [5.41, 5.74) is 0.245. The maximum Gasteiger partial charge on any atom is 0.262 e. The van der Waals surface area contributed by atoms with Crippen molar-refractivity contribution in [3.8, 4) is 0 Å². The lowest BCUT2D eigenvalue weighted by Gasteiger charge is -2.29. The number of nitrogens with one attached hydrogen (secondary N) is 1. The predicted octanol–water partition coefficient (Wildman–Crippen LogP) is 3.22. The molecule has 1 amide bonds. The molecule has 1 aliphatic rings. The molecule has 0 aliphatic heterocycles. The summed E-state index contributed by atoms with van der Waals surface area (Å²) in [4.78, 5) is 29.8. The van der Waals surface area contributed by atoms with Crippen LogP contribution in [0.25, 0.3) is 10.9 Å². The molecule has 0 unspecified atom stereocenters. The number of halogens is 1. The van der Waals surface area contributed by atoms with E-state index in [1.54, 1.807) is 25.1 Å². The molecule has 1 aromatic heterocycles. The number of fused-ring (bicyclic) bond motifs is 1. The zero-order chi connectivity index (χ0) is 20.3. The van der Waals surface area contributed by atoms with Crippen molar-refractivity contribution in [1.82, 2.24) is 14.9 Å². The Balaban J connectivity index is 1.80. The minimum atomic E-state index is -0.708. The van der Waals surface area contributed by atoms with Gasteiger partial charge in [-0.1, -0.05) is 43.1 Å². The molecule has 3 atom stereocenters. The van der Waals surface area contributed by atoms with Crippen LogP contribution in [0.15, 0.2) is 28.2 Å². The molecule has 0 saturated heterocycles. The number of carbonyl (C=O) groups is 1. The number of aliphatic hydroxyl groups excluding tert-OH is 1. The maximum absolute atomic E-state index is 12.9. The van der Waals surface area contributed by atoms with Crippen LogP contribution in [0.1, 0.15) is 39.5 Å². The van der Waals surface area contributed by atoms with Gasteiger partial charge in [0.15, 0.2) is 5.16 Å². The SMILES string of the molecule is C[C@@H](O)Cn1c(SCC(=O)N[C@@H]2CCCC[C@@H]2C)nc2cc(Cl)ccc2c1=O. The fourth-order valence-corrected chi connectivity index (χ4v) is 4.60. The van der Waals surface area contributed by atoms with Crippen molar-refractivity contribution < 1.29 is 9.90 Å². The van der Waals surface area contributed by atoms with Gasteiger partial charge in [-0.05, 0) is 43.9 Å². The van der Waals surface area contributed by atoms with E-state index in [1.165, 1.54) is 22.7 Å². The highest BCUT2D eigenvalue weighted by atomic mass is 35.5. The molecule has 0 spiro atoms. The molecule has 28 heavy (non-hydrogen) atoms. The Labute approximate surface area is 173 Å². The van der Waals surface area contributed by atoms with Gasteiger partial charge in [-0.25, -0.2) is 4.98 Å². The van der Waals surface area contributed by atoms with Crippen LogP contribution in [0.4, 0.5) is 0 Å². The summed E-state index contributed by atoms with van der Waals surface area (Å²) in [6.45, 7) is 3.91. The number of hydrogen-bond acceptors (Lipinski definition) is 5. The van der Waals surface area contributed by atoms with E-state index in [-0.39, 0.29) is 29.8 Å². The van der Waals surface area contributed by atoms with Gasteiger partial charge in [0.2, 0.25) is 5.91 Å². The third-order valence-corrected chi connectivity index (χ3v) is 6.33. The van der Waals surface area contributed by atoms with Crippen LogP contribution in [0.2, 0.25) is 5.02 Å². The summed E-state index contributed by atoms with van der Waals surface area (Å²) in [7, 11) is 0. The van der Waals surface area contributed by atoms with Crippen molar-refractivity contribution in [2.45, 2.75) is 63.4 Å². The molecule has 1 aliphatic carbocycles. The Morgan fingerprint density at radius 3 is 2.89 bits per heavy atom. The molecule has 0 bridgehead atoms. The standard InChI is InChI=1S/C20H26ClN3O3S/c1-12-5-3-4-6-16(12)22-18(26)11-28-20-23-17-9-14(21)7-8-15(17)19(27)24(20)10-13(2)25/h7-9,12-13,16,25H,3-6,10-11H2,1-2H3,(H,22,26)/t12-,13+,16+/m0/s1. The van der Waals surface area contributed by atoms with Crippen molar-refractivity contribution >= 4 is 40.2 Å². The fourth-order valence-electron chi connectivity index (χ4n) is 3.62. The Hall–Kier alpha value is -1.57. The maximum atomic E-state index is 12.9. The second-order valence-corrected chi connectivity index (χ2v) is 8.92. The largest absolute Gasteiger partial charge is 0.392 e. The average molecular weight is 424 g/mol. The van der Waals surface area contributed by atoms with E-state index in [4.69, 9.17) is 11.6 Å². The quantitative estimate of drug-likeness (QED) is 0.550. The average Bonchev–Trinajstić information content (AvgIpc) is 2.64. The summed E-state index contributed by atoms with van der Waals surface area (Å²) >= 11 is 7.24. The Bertz CT molecular complexity index is 915.